The number of thioether (sulfide) groups is 1. The molecule has 2 aliphatic rings. The lowest BCUT2D eigenvalue weighted by molar-refractivity contribution is -0.129. The van der Waals surface area contributed by atoms with Crippen molar-refractivity contribution in [2.45, 2.75) is 42.8 Å². The lowest BCUT2D eigenvalue weighted by Gasteiger charge is -2.23. The minimum atomic E-state index is 0.185. The smallest absolute Gasteiger partial charge is 0.233 e. The maximum Gasteiger partial charge on any atom is 0.233 e. The minimum absolute atomic E-state index is 0.185. The van der Waals surface area contributed by atoms with Crippen molar-refractivity contribution in [3.8, 4) is 5.69 Å². The van der Waals surface area contributed by atoms with E-state index >= 15 is 0 Å². The quantitative estimate of drug-likeness (QED) is 0.555. The summed E-state index contributed by atoms with van der Waals surface area (Å²) in [6.45, 7) is 0.848. The van der Waals surface area contributed by atoms with E-state index in [1.165, 1.54) is 29.5 Å². The van der Waals surface area contributed by atoms with Gasteiger partial charge in [0.25, 0.3) is 0 Å². The molecule has 144 valence electrons. The maximum atomic E-state index is 12.9. The van der Waals surface area contributed by atoms with Gasteiger partial charge in [-0.05, 0) is 49.3 Å². The standard InChI is InChI=1S/C21H22N4OS2/c26-19(24-12-4-8-17(24)18-9-5-13-27-18)14-28-21-22-20(15-10-11-15)25(23-21)16-6-2-1-3-7-16/h1-3,5-7,9,13,15,17H,4,8,10-12,14H2. The average molecular weight is 411 g/mol. The predicted molar refractivity (Wildman–Crippen MR) is 112 cm³/mol. The Morgan fingerprint density at radius 1 is 1.14 bits per heavy atom. The van der Waals surface area contributed by atoms with Crippen LogP contribution in [0.1, 0.15) is 48.3 Å². The zero-order valence-corrected chi connectivity index (χ0v) is 17.2. The molecule has 28 heavy (non-hydrogen) atoms. The van der Waals surface area contributed by atoms with Gasteiger partial charge in [-0.15, -0.1) is 16.4 Å². The van der Waals surface area contributed by atoms with Gasteiger partial charge in [0.15, 0.2) is 0 Å². The van der Waals surface area contributed by atoms with Crippen LogP contribution in [0.5, 0.6) is 0 Å². The molecular formula is C21H22N4OS2. The number of nitrogens with zero attached hydrogens (tertiary/aromatic N) is 4. The van der Waals surface area contributed by atoms with E-state index < -0.39 is 0 Å². The van der Waals surface area contributed by atoms with Crippen LogP contribution in [-0.4, -0.2) is 37.9 Å². The molecule has 3 aromatic rings. The molecule has 1 aliphatic heterocycles. The first kappa shape index (κ1) is 17.9. The van der Waals surface area contributed by atoms with Crippen LogP contribution >= 0.6 is 23.1 Å². The molecule has 3 heterocycles. The van der Waals surface area contributed by atoms with Crippen LogP contribution in [-0.2, 0) is 4.79 Å². The number of para-hydroxylation sites is 1. The van der Waals surface area contributed by atoms with Crippen molar-refractivity contribution in [1.82, 2.24) is 19.7 Å². The first-order chi connectivity index (χ1) is 13.8. The Balaban J connectivity index is 1.30. The molecule has 1 aromatic carbocycles. The highest BCUT2D eigenvalue weighted by Gasteiger charge is 2.32. The number of hydrogen-bond acceptors (Lipinski definition) is 5. The van der Waals surface area contributed by atoms with Crippen molar-refractivity contribution in [3.05, 3.63) is 58.5 Å². The summed E-state index contributed by atoms with van der Waals surface area (Å²) in [4.78, 5) is 21.0. The number of carbonyl (C=O) groups is 1. The molecule has 0 N–H and O–H groups in total. The minimum Gasteiger partial charge on any atom is -0.334 e. The highest BCUT2D eigenvalue weighted by Crippen LogP contribution is 2.40. The van der Waals surface area contributed by atoms with E-state index in [9.17, 15) is 4.79 Å². The Labute approximate surface area is 172 Å². The van der Waals surface area contributed by atoms with Gasteiger partial charge in [-0.1, -0.05) is 36.0 Å². The van der Waals surface area contributed by atoms with Gasteiger partial charge in [0.1, 0.15) is 5.82 Å². The molecule has 1 saturated heterocycles. The van der Waals surface area contributed by atoms with Crippen LogP contribution in [0.4, 0.5) is 0 Å². The summed E-state index contributed by atoms with van der Waals surface area (Å²) in [5.41, 5.74) is 1.03. The number of rotatable bonds is 6. The number of likely N-dealkylation sites (tertiary alicyclic amines) is 1. The number of thiophene rings is 1. The monoisotopic (exact) mass is 410 g/mol. The summed E-state index contributed by atoms with van der Waals surface area (Å²) < 4.78 is 1.95. The second-order valence-corrected chi connectivity index (χ2v) is 9.25. The van der Waals surface area contributed by atoms with Gasteiger partial charge in [-0.2, -0.15) is 0 Å². The summed E-state index contributed by atoms with van der Waals surface area (Å²) in [6.07, 6.45) is 4.48. The Kier molecular flexibility index (Phi) is 4.94. The molecule has 7 heteroatoms. The molecule has 0 radical (unpaired) electrons. The third kappa shape index (κ3) is 3.61. The van der Waals surface area contributed by atoms with Crippen LogP contribution in [0, 0.1) is 0 Å². The van der Waals surface area contributed by atoms with Crippen LogP contribution in [0.3, 0.4) is 0 Å². The zero-order valence-electron chi connectivity index (χ0n) is 15.5. The first-order valence-corrected chi connectivity index (χ1v) is 11.6. The fourth-order valence-electron chi connectivity index (χ4n) is 3.78. The zero-order chi connectivity index (χ0) is 18.9. The summed E-state index contributed by atoms with van der Waals surface area (Å²) in [7, 11) is 0. The van der Waals surface area contributed by atoms with E-state index in [1.807, 2.05) is 27.8 Å². The SMILES string of the molecule is O=C(CSc1nc(C2CC2)n(-c2ccccc2)n1)N1CCCC1c1cccs1. The molecule has 0 spiro atoms. The highest BCUT2D eigenvalue weighted by molar-refractivity contribution is 7.99. The topological polar surface area (TPSA) is 51.0 Å². The third-order valence-electron chi connectivity index (χ3n) is 5.33. The van der Waals surface area contributed by atoms with Gasteiger partial charge < -0.3 is 4.90 Å². The van der Waals surface area contributed by atoms with Gasteiger partial charge >= 0.3 is 0 Å². The largest absolute Gasteiger partial charge is 0.334 e. The number of carbonyl (C=O) groups excluding carboxylic acids is 1. The summed E-state index contributed by atoms with van der Waals surface area (Å²) in [5, 5.41) is 7.50. The highest BCUT2D eigenvalue weighted by atomic mass is 32.2. The second kappa shape index (κ2) is 7.72. The van der Waals surface area contributed by atoms with E-state index in [0.717, 1.165) is 30.9 Å². The molecule has 1 amide bonds. The van der Waals surface area contributed by atoms with Gasteiger partial charge in [0.05, 0.1) is 17.5 Å². The summed E-state index contributed by atoms with van der Waals surface area (Å²) >= 11 is 3.20. The molecule has 2 fully saturated rings. The molecule has 0 bridgehead atoms. The van der Waals surface area contributed by atoms with Gasteiger partial charge in [0.2, 0.25) is 11.1 Å². The molecule has 1 unspecified atom stereocenters. The Bertz CT molecular complexity index is 950. The third-order valence-corrected chi connectivity index (χ3v) is 7.12. The van der Waals surface area contributed by atoms with E-state index in [2.05, 4.69) is 29.6 Å². The lowest BCUT2D eigenvalue weighted by atomic mass is 10.2. The lowest BCUT2D eigenvalue weighted by Crippen LogP contribution is -2.31. The van der Waals surface area contributed by atoms with Crippen molar-refractivity contribution in [1.29, 1.82) is 0 Å². The Morgan fingerprint density at radius 2 is 2.00 bits per heavy atom. The Morgan fingerprint density at radius 3 is 2.75 bits per heavy atom. The molecule has 5 rings (SSSR count). The van der Waals surface area contributed by atoms with Gasteiger partial charge in [0, 0.05) is 17.3 Å². The number of amides is 1. The predicted octanol–water partition coefficient (Wildman–Crippen LogP) is 4.66. The van der Waals surface area contributed by atoms with Crippen molar-refractivity contribution in [3.63, 3.8) is 0 Å². The van der Waals surface area contributed by atoms with E-state index in [4.69, 9.17) is 10.1 Å². The van der Waals surface area contributed by atoms with Gasteiger partial charge in [-0.25, -0.2) is 9.67 Å². The molecule has 1 atom stereocenters. The molecule has 1 saturated carbocycles. The van der Waals surface area contributed by atoms with Crippen molar-refractivity contribution < 1.29 is 4.79 Å². The van der Waals surface area contributed by atoms with Crippen molar-refractivity contribution in [2.75, 3.05) is 12.3 Å². The van der Waals surface area contributed by atoms with E-state index in [1.54, 1.807) is 11.3 Å². The van der Waals surface area contributed by atoms with Crippen LogP contribution < -0.4 is 0 Å². The van der Waals surface area contributed by atoms with E-state index in [-0.39, 0.29) is 11.9 Å². The molecular weight excluding hydrogens is 388 g/mol. The van der Waals surface area contributed by atoms with Crippen LogP contribution in [0.15, 0.2) is 53.0 Å². The van der Waals surface area contributed by atoms with Crippen LogP contribution in [0.2, 0.25) is 0 Å². The number of hydrogen-bond donors (Lipinski definition) is 0. The average Bonchev–Trinajstić information content (AvgIpc) is 3.16. The fraction of sp³-hybridized carbons (Fsp3) is 0.381. The van der Waals surface area contributed by atoms with Crippen LogP contribution in [0.25, 0.3) is 5.69 Å². The Hall–Kier alpha value is -2.12. The van der Waals surface area contributed by atoms with E-state index in [0.29, 0.717) is 16.8 Å². The van der Waals surface area contributed by atoms with Gasteiger partial charge in [-0.3, -0.25) is 4.79 Å². The summed E-state index contributed by atoms with van der Waals surface area (Å²) in [5.74, 6) is 2.10. The fourth-order valence-corrected chi connectivity index (χ4v) is 5.37. The van der Waals surface area contributed by atoms with Crippen molar-refractivity contribution >= 4 is 29.0 Å². The number of benzene rings is 1. The maximum absolute atomic E-state index is 12.9. The normalized spacial score (nSPS) is 19.3. The molecule has 5 nitrogen and oxygen atoms in total. The molecule has 2 aromatic heterocycles. The first-order valence-electron chi connectivity index (χ1n) is 9.77. The number of aromatic nitrogens is 3. The second-order valence-electron chi connectivity index (χ2n) is 7.32. The van der Waals surface area contributed by atoms with Crippen molar-refractivity contribution in [2.24, 2.45) is 0 Å². The molecule has 1 aliphatic carbocycles. The summed E-state index contributed by atoms with van der Waals surface area (Å²) in [6, 6.07) is 14.6.